The summed E-state index contributed by atoms with van der Waals surface area (Å²) in [6, 6.07) is 3.95. The van der Waals surface area contributed by atoms with Crippen molar-refractivity contribution in [3.63, 3.8) is 0 Å². The second-order valence-corrected chi connectivity index (χ2v) is 4.25. The molecule has 1 atom stereocenters. The fourth-order valence-corrected chi connectivity index (χ4v) is 1.71. The summed E-state index contributed by atoms with van der Waals surface area (Å²) in [6.45, 7) is 3.80. The molecule has 0 saturated carbocycles. The predicted molar refractivity (Wildman–Crippen MR) is 64.3 cm³/mol. The fraction of sp³-hybridized carbons (Fsp3) is 0.538. The number of halogens is 3. The first kappa shape index (κ1) is 14.8. The monoisotopic (exact) mass is 261 g/mol. The Balaban J connectivity index is 3.03. The summed E-state index contributed by atoms with van der Waals surface area (Å²) in [6.07, 6.45) is -3.08. The van der Waals surface area contributed by atoms with Crippen molar-refractivity contribution < 1.29 is 17.9 Å². The summed E-state index contributed by atoms with van der Waals surface area (Å²) in [5, 5.41) is 0. The van der Waals surface area contributed by atoms with E-state index in [1.54, 1.807) is 13.0 Å². The van der Waals surface area contributed by atoms with Gasteiger partial charge >= 0.3 is 6.18 Å². The summed E-state index contributed by atoms with van der Waals surface area (Å²) in [4.78, 5) is 0. The fourth-order valence-electron chi connectivity index (χ4n) is 1.71. The molecule has 5 heteroatoms. The van der Waals surface area contributed by atoms with Gasteiger partial charge in [0.2, 0.25) is 0 Å². The molecule has 102 valence electrons. The molecule has 1 rings (SSSR count). The van der Waals surface area contributed by atoms with Crippen LogP contribution in [0.15, 0.2) is 18.2 Å². The van der Waals surface area contributed by atoms with Gasteiger partial charge in [0.1, 0.15) is 5.75 Å². The molecule has 1 aromatic carbocycles. The van der Waals surface area contributed by atoms with Gasteiger partial charge < -0.3 is 10.5 Å². The van der Waals surface area contributed by atoms with E-state index in [0.29, 0.717) is 5.56 Å². The number of hydrogen-bond acceptors (Lipinski definition) is 2. The van der Waals surface area contributed by atoms with E-state index in [4.69, 9.17) is 10.5 Å². The quantitative estimate of drug-likeness (QED) is 0.876. The van der Waals surface area contributed by atoms with Gasteiger partial charge in [0.25, 0.3) is 0 Å². The van der Waals surface area contributed by atoms with E-state index in [0.717, 1.165) is 18.9 Å². The summed E-state index contributed by atoms with van der Waals surface area (Å²) >= 11 is 0. The number of ether oxygens (including phenoxy) is 1. The first-order valence-corrected chi connectivity index (χ1v) is 5.95. The molecule has 2 N–H and O–H groups in total. The summed E-state index contributed by atoms with van der Waals surface area (Å²) < 4.78 is 44.0. The highest BCUT2D eigenvalue weighted by Crippen LogP contribution is 2.37. The topological polar surface area (TPSA) is 35.2 Å². The van der Waals surface area contributed by atoms with Gasteiger partial charge in [-0.25, -0.2) is 0 Å². The molecule has 0 aliphatic carbocycles. The molecule has 0 heterocycles. The van der Waals surface area contributed by atoms with Crippen LogP contribution in [0.5, 0.6) is 5.75 Å². The molecule has 0 spiro atoms. The van der Waals surface area contributed by atoms with Crippen LogP contribution in [0.25, 0.3) is 0 Å². The molecule has 0 aromatic heterocycles. The van der Waals surface area contributed by atoms with E-state index in [1.807, 2.05) is 6.92 Å². The standard InChI is InChI=1S/C13H18F3NO/c1-3-4-9(2)18-12-6-5-10(8-17)7-11(12)13(14,15)16/h5-7,9H,3-4,8,17H2,1-2H3. The lowest BCUT2D eigenvalue weighted by Crippen LogP contribution is -2.16. The van der Waals surface area contributed by atoms with Crippen molar-refractivity contribution in [2.45, 2.75) is 45.5 Å². The van der Waals surface area contributed by atoms with Crippen LogP contribution < -0.4 is 10.5 Å². The van der Waals surface area contributed by atoms with Gasteiger partial charge in [-0.3, -0.25) is 0 Å². The Hall–Kier alpha value is -1.23. The second-order valence-electron chi connectivity index (χ2n) is 4.25. The zero-order valence-corrected chi connectivity index (χ0v) is 10.6. The maximum atomic E-state index is 12.9. The van der Waals surface area contributed by atoms with E-state index >= 15 is 0 Å². The Morgan fingerprint density at radius 3 is 2.50 bits per heavy atom. The van der Waals surface area contributed by atoms with Crippen LogP contribution in [0.2, 0.25) is 0 Å². The first-order chi connectivity index (χ1) is 8.38. The van der Waals surface area contributed by atoms with Crippen molar-refractivity contribution in [1.29, 1.82) is 0 Å². The maximum absolute atomic E-state index is 12.9. The summed E-state index contributed by atoms with van der Waals surface area (Å²) in [5.74, 6) is -0.124. The average molecular weight is 261 g/mol. The molecule has 0 aliphatic rings. The minimum Gasteiger partial charge on any atom is -0.490 e. The van der Waals surface area contributed by atoms with Gasteiger partial charge in [0.15, 0.2) is 0 Å². The number of benzene rings is 1. The van der Waals surface area contributed by atoms with E-state index in [9.17, 15) is 13.2 Å². The molecule has 0 saturated heterocycles. The van der Waals surface area contributed by atoms with Crippen molar-refractivity contribution in [2.24, 2.45) is 5.73 Å². The van der Waals surface area contributed by atoms with Crippen LogP contribution in [-0.4, -0.2) is 6.10 Å². The van der Waals surface area contributed by atoms with Gasteiger partial charge in [-0.15, -0.1) is 0 Å². The lowest BCUT2D eigenvalue weighted by atomic mass is 10.1. The van der Waals surface area contributed by atoms with Crippen molar-refractivity contribution in [3.8, 4) is 5.75 Å². The third-order valence-corrected chi connectivity index (χ3v) is 2.61. The second kappa shape index (κ2) is 6.09. The Bertz CT molecular complexity index is 390. The molecule has 2 nitrogen and oxygen atoms in total. The Morgan fingerprint density at radius 2 is 2.00 bits per heavy atom. The molecule has 1 unspecified atom stereocenters. The van der Waals surface area contributed by atoms with E-state index in [1.165, 1.54) is 6.07 Å². The highest BCUT2D eigenvalue weighted by Gasteiger charge is 2.34. The largest absolute Gasteiger partial charge is 0.490 e. The number of alkyl halides is 3. The zero-order valence-electron chi connectivity index (χ0n) is 10.6. The average Bonchev–Trinajstić information content (AvgIpc) is 2.28. The molecular formula is C13H18F3NO. The molecule has 0 amide bonds. The van der Waals surface area contributed by atoms with Crippen molar-refractivity contribution >= 4 is 0 Å². The number of rotatable bonds is 5. The predicted octanol–water partition coefficient (Wildman–Crippen LogP) is 3.73. The zero-order chi connectivity index (χ0) is 13.8. The smallest absolute Gasteiger partial charge is 0.419 e. The van der Waals surface area contributed by atoms with Gasteiger partial charge in [-0.1, -0.05) is 19.4 Å². The van der Waals surface area contributed by atoms with Crippen LogP contribution in [0.1, 0.15) is 37.8 Å². The third-order valence-electron chi connectivity index (χ3n) is 2.61. The maximum Gasteiger partial charge on any atom is 0.419 e. The van der Waals surface area contributed by atoms with Crippen molar-refractivity contribution in [2.75, 3.05) is 0 Å². The highest BCUT2D eigenvalue weighted by atomic mass is 19.4. The molecule has 0 bridgehead atoms. The Labute approximate surface area is 105 Å². The molecular weight excluding hydrogens is 243 g/mol. The molecule has 0 fully saturated rings. The minimum atomic E-state index is -4.42. The molecule has 0 radical (unpaired) electrons. The summed E-state index contributed by atoms with van der Waals surface area (Å²) in [7, 11) is 0. The summed E-state index contributed by atoms with van der Waals surface area (Å²) in [5.41, 5.74) is 5.04. The van der Waals surface area contributed by atoms with Crippen molar-refractivity contribution in [1.82, 2.24) is 0 Å². The SMILES string of the molecule is CCCC(C)Oc1ccc(CN)cc1C(F)(F)F. The third kappa shape index (κ3) is 3.91. The van der Waals surface area contributed by atoms with E-state index in [2.05, 4.69) is 0 Å². The number of nitrogens with two attached hydrogens (primary N) is 1. The Morgan fingerprint density at radius 1 is 1.33 bits per heavy atom. The van der Waals surface area contributed by atoms with Gasteiger partial charge in [0, 0.05) is 6.54 Å². The lowest BCUT2D eigenvalue weighted by Gasteiger charge is -2.19. The normalized spacial score (nSPS) is 13.4. The van der Waals surface area contributed by atoms with Crippen LogP contribution in [0, 0.1) is 0 Å². The highest BCUT2D eigenvalue weighted by molar-refractivity contribution is 5.39. The van der Waals surface area contributed by atoms with Gasteiger partial charge in [-0.05, 0) is 31.0 Å². The van der Waals surface area contributed by atoms with Crippen LogP contribution in [0.4, 0.5) is 13.2 Å². The Kier molecular flexibility index (Phi) is 5.02. The number of hydrogen-bond donors (Lipinski definition) is 1. The van der Waals surface area contributed by atoms with Crippen LogP contribution in [0.3, 0.4) is 0 Å². The van der Waals surface area contributed by atoms with Gasteiger partial charge in [-0.2, -0.15) is 13.2 Å². The molecule has 0 aliphatic heterocycles. The van der Waals surface area contributed by atoms with Crippen LogP contribution in [-0.2, 0) is 12.7 Å². The van der Waals surface area contributed by atoms with E-state index < -0.39 is 11.7 Å². The first-order valence-electron chi connectivity index (χ1n) is 5.95. The van der Waals surface area contributed by atoms with Gasteiger partial charge in [0.05, 0.1) is 11.7 Å². The lowest BCUT2D eigenvalue weighted by molar-refractivity contribution is -0.139. The molecule has 18 heavy (non-hydrogen) atoms. The molecule has 1 aromatic rings. The van der Waals surface area contributed by atoms with E-state index in [-0.39, 0.29) is 18.4 Å². The van der Waals surface area contributed by atoms with Crippen LogP contribution >= 0.6 is 0 Å². The van der Waals surface area contributed by atoms with Crippen molar-refractivity contribution in [3.05, 3.63) is 29.3 Å². The minimum absolute atomic E-state index is 0.0773.